The summed E-state index contributed by atoms with van der Waals surface area (Å²) in [5.41, 5.74) is 0.456. The van der Waals surface area contributed by atoms with Crippen LogP contribution in [0.2, 0.25) is 0 Å². The summed E-state index contributed by atoms with van der Waals surface area (Å²) in [6, 6.07) is 9.60. The number of rotatable bonds is 9. The molecule has 48 heavy (non-hydrogen) atoms. The Kier molecular flexibility index (Phi) is 8.41. The van der Waals surface area contributed by atoms with Crippen LogP contribution in [0.25, 0.3) is 22.3 Å². The maximum Gasteiger partial charge on any atom is 0.456 e. The minimum absolute atomic E-state index is 0.122. The Labute approximate surface area is 267 Å². The molecule has 1 saturated heterocycles. The number of hydrogen-bond acceptors (Lipinski definition) is 8. The lowest BCUT2D eigenvalue weighted by molar-refractivity contribution is -0.290. The second kappa shape index (κ2) is 12.1. The Bertz CT molecular complexity index is 1800. The molecule has 1 saturated carbocycles. The van der Waals surface area contributed by atoms with Crippen LogP contribution in [0.4, 0.5) is 46.9 Å². The van der Waals surface area contributed by atoms with E-state index < -0.39 is 42.1 Å². The van der Waals surface area contributed by atoms with E-state index in [1.54, 1.807) is 24.4 Å². The fourth-order valence-corrected chi connectivity index (χ4v) is 5.52. The van der Waals surface area contributed by atoms with Crippen LogP contribution in [0, 0.1) is 5.41 Å². The van der Waals surface area contributed by atoms with E-state index >= 15 is 0 Å². The zero-order valence-corrected chi connectivity index (χ0v) is 25.2. The molecule has 0 bridgehead atoms. The summed E-state index contributed by atoms with van der Waals surface area (Å²) in [6.45, 7) is 1.27. The number of carbonyl (C=O) groups is 1. The van der Waals surface area contributed by atoms with Gasteiger partial charge in [0.1, 0.15) is 17.6 Å². The van der Waals surface area contributed by atoms with Crippen molar-refractivity contribution >= 4 is 28.7 Å². The number of H-pyrrole nitrogens is 1. The predicted molar refractivity (Wildman–Crippen MR) is 155 cm³/mol. The number of imidazole rings is 1. The normalized spacial score (nSPS) is 17.7. The van der Waals surface area contributed by atoms with Gasteiger partial charge in [-0.2, -0.15) is 35.1 Å². The number of nitrogens with zero attached hydrogens (tertiary/aromatic N) is 6. The van der Waals surface area contributed by atoms with Crippen molar-refractivity contribution in [2.24, 2.45) is 5.41 Å². The molecule has 3 aromatic heterocycles. The smallest absolute Gasteiger partial charge is 0.456 e. The number of halogens is 8. The first-order chi connectivity index (χ1) is 22.6. The minimum atomic E-state index is -5.77. The van der Waals surface area contributed by atoms with E-state index in [4.69, 9.17) is 0 Å². The summed E-state index contributed by atoms with van der Waals surface area (Å²) in [6.07, 6.45) is -8.04. The lowest BCUT2D eigenvalue weighted by Gasteiger charge is -2.39. The van der Waals surface area contributed by atoms with Gasteiger partial charge in [-0.05, 0) is 49.6 Å². The average molecular weight is 685 g/mol. The van der Waals surface area contributed by atoms with Crippen LogP contribution in [-0.2, 0) is 4.79 Å². The predicted octanol–water partition coefficient (Wildman–Crippen LogP) is 6.28. The highest BCUT2D eigenvalue weighted by atomic mass is 19.4. The van der Waals surface area contributed by atoms with Gasteiger partial charge in [0.15, 0.2) is 6.61 Å². The van der Waals surface area contributed by atoms with Crippen molar-refractivity contribution in [3.63, 3.8) is 0 Å². The largest absolute Gasteiger partial charge is 0.471 e. The van der Waals surface area contributed by atoms with Crippen molar-refractivity contribution < 1.29 is 44.7 Å². The second-order valence-corrected chi connectivity index (χ2v) is 11.7. The maximum atomic E-state index is 13.4. The van der Waals surface area contributed by atoms with Crippen LogP contribution < -0.4 is 10.1 Å². The Morgan fingerprint density at radius 2 is 1.71 bits per heavy atom. The van der Waals surface area contributed by atoms with E-state index in [0.29, 0.717) is 41.5 Å². The van der Waals surface area contributed by atoms with Crippen LogP contribution >= 0.6 is 0 Å². The number of fused-ring (bicyclic) bond motifs is 1. The summed E-state index contributed by atoms with van der Waals surface area (Å²) in [7, 11) is 0. The van der Waals surface area contributed by atoms with Crippen LogP contribution in [0.1, 0.15) is 31.4 Å². The molecule has 1 amide bonds. The second-order valence-electron chi connectivity index (χ2n) is 11.7. The number of aromatic nitrogens is 5. The SMILES string of the molecule is CC(c1ccnc(Nc2nc3ccc(-c4cc(OCC(F)(F)C(F)(F)F)ncn4)cc3[nH]2)c1)N1CCN(C(=O)C2(C(F)(F)F)CC2)CC1. The third-order valence-corrected chi connectivity index (χ3v) is 8.60. The number of hydrogen-bond donors (Lipinski definition) is 2. The highest BCUT2D eigenvalue weighted by Gasteiger charge is 2.69. The number of aromatic amines is 1. The number of benzene rings is 1. The quantitative estimate of drug-likeness (QED) is 0.198. The van der Waals surface area contributed by atoms with E-state index in [1.807, 2.05) is 19.1 Å². The molecule has 0 radical (unpaired) electrons. The molecule has 1 atom stereocenters. The van der Waals surface area contributed by atoms with Gasteiger partial charge in [0.25, 0.3) is 0 Å². The number of carbonyl (C=O) groups excluding carboxylic acids is 1. The number of amides is 1. The summed E-state index contributed by atoms with van der Waals surface area (Å²) >= 11 is 0. The molecule has 2 N–H and O–H groups in total. The third kappa shape index (κ3) is 6.57. The first-order valence-corrected chi connectivity index (χ1v) is 14.8. The molecule has 256 valence electrons. The van der Waals surface area contributed by atoms with Gasteiger partial charge >= 0.3 is 18.3 Å². The highest BCUT2D eigenvalue weighted by Crippen LogP contribution is 2.58. The summed E-state index contributed by atoms with van der Waals surface area (Å²) in [5.74, 6) is -5.55. The zero-order valence-electron chi connectivity index (χ0n) is 25.2. The first kappa shape index (κ1) is 33.3. The van der Waals surface area contributed by atoms with Crippen molar-refractivity contribution in [1.29, 1.82) is 0 Å². The number of anilines is 2. The van der Waals surface area contributed by atoms with Gasteiger partial charge in [-0.1, -0.05) is 6.07 Å². The van der Waals surface area contributed by atoms with E-state index in [9.17, 15) is 39.9 Å². The minimum Gasteiger partial charge on any atom is -0.471 e. The van der Waals surface area contributed by atoms with E-state index in [-0.39, 0.29) is 37.7 Å². The van der Waals surface area contributed by atoms with Crippen LogP contribution in [0.3, 0.4) is 0 Å². The molecule has 6 rings (SSSR count). The molecule has 4 heterocycles. The monoisotopic (exact) mass is 684 g/mol. The number of ether oxygens (including phenoxy) is 1. The van der Waals surface area contributed by atoms with Gasteiger partial charge in [-0.15, -0.1) is 0 Å². The Morgan fingerprint density at radius 1 is 0.979 bits per heavy atom. The van der Waals surface area contributed by atoms with E-state index in [2.05, 4.69) is 39.9 Å². The molecular weight excluding hydrogens is 656 g/mol. The number of nitrogens with one attached hydrogen (secondary N) is 2. The zero-order chi connectivity index (χ0) is 34.5. The van der Waals surface area contributed by atoms with Crippen LogP contribution in [0.5, 0.6) is 5.88 Å². The number of piperazine rings is 1. The molecule has 1 aliphatic carbocycles. The van der Waals surface area contributed by atoms with Crippen molar-refractivity contribution in [3.8, 4) is 17.1 Å². The van der Waals surface area contributed by atoms with Gasteiger partial charge in [0.05, 0.1) is 16.7 Å². The number of pyridine rings is 1. The molecule has 1 aromatic carbocycles. The molecule has 2 aliphatic rings. The lowest BCUT2D eigenvalue weighted by atomic mass is 10.0. The van der Waals surface area contributed by atoms with Gasteiger partial charge in [-0.25, -0.2) is 19.9 Å². The molecule has 1 unspecified atom stereocenters. The summed E-state index contributed by atoms with van der Waals surface area (Å²) < 4.78 is 109. The van der Waals surface area contributed by atoms with Crippen molar-refractivity contribution in [1.82, 2.24) is 34.7 Å². The van der Waals surface area contributed by atoms with Crippen LogP contribution in [0.15, 0.2) is 48.9 Å². The van der Waals surface area contributed by atoms with Crippen molar-refractivity contribution in [2.75, 3.05) is 38.1 Å². The lowest BCUT2D eigenvalue weighted by Crippen LogP contribution is -2.53. The van der Waals surface area contributed by atoms with Gasteiger partial charge < -0.3 is 19.9 Å². The molecule has 18 heteroatoms. The Balaban J connectivity index is 1.09. The van der Waals surface area contributed by atoms with Crippen molar-refractivity contribution in [3.05, 3.63) is 54.5 Å². The molecule has 4 aromatic rings. The maximum absolute atomic E-state index is 13.4. The number of alkyl halides is 8. The summed E-state index contributed by atoms with van der Waals surface area (Å²) in [4.78, 5) is 35.6. The molecule has 2 fully saturated rings. The fraction of sp³-hybridized carbons (Fsp3) is 0.433. The van der Waals surface area contributed by atoms with Crippen LogP contribution in [-0.4, -0.2) is 91.7 Å². The van der Waals surface area contributed by atoms with E-state index in [1.165, 1.54) is 4.90 Å². The fourth-order valence-electron chi connectivity index (χ4n) is 5.52. The van der Waals surface area contributed by atoms with E-state index in [0.717, 1.165) is 18.0 Å². The van der Waals surface area contributed by atoms with Gasteiger partial charge in [-0.3, -0.25) is 9.69 Å². The molecule has 0 spiro atoms. The highest BCUT2D eigenvalue weighted by molar-refractivity contribution is 5.86. The molecule has 1 aliphatic heterocycles. The molecule has 10 nitrogen and oxygen atoms in total. The van der Waals surface area contributed by atoms with Gasteiger partial charge in [0, 0.05) is 50.0 Å². The first-order valence-electron chi connectivity index (χ1n) is 14.8. The van der Waals surface area contributed by atoms with Gasteiger partial charge in [0.2, 0.25) is 17.7 Å². The molecular formula is C30H28F8N8O2. The van der Waals surface area contributed by atoms with Crippen molar-refractivity contribution in [2.45, 2.75) is 44.1 Å². The summed E-state index contributed by atoms with van der Waals surface area (Å²) in [5, 5.41) is 3.10. The third-order valence-electron chi connectivity index (χ3n) is 8.60. The Morgan fingerprint density at radius 3 is 2.38 bits per heavy atom. The topological polar surface area (TPSA) is 112 Å². The standard InChI is InChI=1S/C30H28F8N8O2/c1-17(45-8-10-46(11-9-45)25(47)27(5-6-27)29(33,34)35)18-4-7-39-23(13-18)44-26-42-20-3-2-19(12-22(20)43-26)21-14-24(41-16-40-21)48-15-28(31,32)30(36,37)38/h2-4,7,12-14,16-17H,5-6,8-11,15H2,1H3,(H2,39,42,43,44). The Hall–Kier alpha value is -4.61. The average Bonchev–Trinajstić information content (AvgIpc) is 3.78.